The van der Waals surface area contributed by atoms with Crippen LogP contribution in [0.15, 0.2) is 29.4 Å². The summed E-state index contributed by atoms with van der Waals surface area (Å²) in [6.07, 6.45) is -0.706. The van der Waals surface area contributed by atoms with Gasteiger partial charge in [0.25, 0.3) is 0 Å². The maximum atomic E-state index is 11.5. The minimum Gasteiger partial charge on any atom is -0.463 e. The number of amides is 1. The fraction of sp³-hybridized carbons (Fsp3) is 0.429. The van der Waals surface area contributed by atoms with Crippen LogP contribution >= 0.6 is 21.6 Å². The minimum absolute atomic E-state index is 0.0440. The third-order valence-corrected chi connectivity index (χ3v) is 4.92. The molecule has 0 aliphatic rings. The molecule has 0 heterocycles. The van der Waals surface area contributed by atoms with Crippen LogP contribution in [0.2, 0.25) is 0 Å². The fourth-order valence-electron chi connectivity index (χ4n) is 1.44. The van der Waals surface area contributed by atoms with Gasteiger partial charge in [-0.05, 0) is 11.1 Å². The average Bonchev–Trinajstić information content (AvgIpc) is 2.59. The molecular formula is C14H18N4O4S2. The van der Waals surface area contributed by atoms with Crippen LogP contribution in [-0.4, -0.2) is 36.7 Å². The van der Waals surface area contributed by atoms with Crippen LogP contribution in [0.5, 0.6) is 0 Å². The minimum atomic E-state index is -0.706. The highest BCUT2D eigenvalue weighted by atomic mass is 33.1. The first-order valence-electron chi connectivity index (χ1n) is 7.10. The Kier molecular flexibility index (Phi) is 10.3. The highest BCUT2D eigenvalue weighted by molar-refractivity contribution is 8.76. The smallest absolute Gasteiger partial charge is 0.407 e. The number of ether oxygens (including phenoxy) is 2. The molecule has 8 nitrogen and oxygen atoms in total. The van der Waals surface area contributed by atoms with Crippen LogP contribution in [0.25, 0.3) is 10.4 Å². The standard InChI is InChI=1S/C14H18N4O4S2/c1-2-23-24-8-7-21-13(19)9-16-14(20)22-10-11-3-5-12(6-4-11)17-18-15/h3-6H,2,7-10H2,1H3,(H,16,20). The summed E-state index contributed by atoms with van der Waals surface area (Å²) in [5.74, 6) is 1.20. The molecule has 0 saturated carbocycles. The van der Waals surface area contributed by atoms with E-state index in [1.54, 1.807) is 45.9 Å². The molecule has 0 bridgehead atoms. The molecule has 1 aromatic rings. The van der Waals surface area contributed by atoms with Crippen molar-refractivity contribution in [2.24, 2.45) is 5.11 Å². The molecule has 0 fully saturated rings. The van der Waals surface area contributed by atoms with E-state index in [2.05, 4.69) is 15.3 Å². The SMILES string of the molecule is CCSSCCOC(=O)CNC(=O)OCc1ccc(N=[N+]=[N-])cc1. The van der Waals surface area contributed by atoms with Gasteiger partial charge in [0.15, 0.2) is 0 Å². The van der Waals surface area contributed by atoms with Crippen LogP contribution in [0.1, 0.15) is 12.5 Å². The Morgan fingerprint density at radius 2 is 2.00 bits per heavy atom. The van der Waals surface area contributed by atoms with Crippen LogP contribution in [-0.2, 0) is 20.9 Å². The molecule has 0 unspecified atom stereocenters. The van der Waals surface area contributed by atoms with Crippen molar-refractivity contribution in [1.82, 2.24) is 5.32 Å². The zero-order valence-corrected chi connectivity index (χ0v) is 14.8. The number of carbonyl (C=O) groups is 2. The van der Waals surface area contributed by atoms with Gasteiger partial charge in [-0.2, -0.15) is 0 Å². The zero-order chi connectivity index (χ0) is 17.6. The van der Waals surface area contributed by atoms with E-state index < -0.39 is 12.1 Å². The van der Waals surface area contributed by atoms with Crippen molar-refractivity contribution in [3.8, 4) is 0 Å². The first-order chi connectivity index (χ1) is 11.7. The summed E-state index contributed by atoms with van der Waals surface area (Å²) < 4.78 is 9.92. The number of benzene rings is 1. The number of hydrogen-bond donors (Lipinski definition) is 1. The van der Waals surface area contributed by atoms with E-state index in [4.69, 9.17) is 15.0 Å². The quantitative estimate of drug-likeness (QED) is 0.167. The largest absolute Gasteiger partial charge is 0.463 e. The van der Waals surface area contributed by atoms with Crippen molar-refractivity contribution < 1.29 is 19.1 Å². The van der Waals surface area contributed by atoms with E-state index >= 15 is 0 Å². The number of carbonyl (C=O) groups excluding carboxylic acids is 2. The highest BCUT2D eigenvalue weighted by Gasteiger charge is 2.07. The number of nitrogens with zero attached hydrogens (tertiary/aromatic N) is 3. The Morgan fingerprint density at radius 3 is 2.67 bits per heavy atom. The Bertz CT molecular complexity index is 577. The Hall–Kier alpha value is -2.03. The molecule has 130 valence electrons. The molecule has 0 aliphatic carbocycles. The molecule has 0 aliphatic heterocycles. The van der Waals surface area contributed by atoms with Crippen molar-refractivity contribution in [3.05, 3.63) is 40.3 Å². The summed E-state index contributed by atoms with van der Waals surface area (Å²) in [5, 5.41) is 5.76. The van der Waals surface area contributed by atoms with Gasteiger partial charge in [-0.15, -0.1) is 0 Å². The first-order valence-corrected chi connectivity index (χ1v) is 9.59. The molecule has 1 amide bonds. The predicted octanol–water partition coefficient (Wildman–Crippen LogP) is 3.80. The Balaban J connectivity index is 2.17. The maximum Gasteiger partial charge on any atom is 0.407 e. The summed E-state index contributed by atoms with van der Waals surface area (Å²) in [7, 11) is 3.33. The van der Waals surface area contributed by atoms with Gasteiger partial charge in [0.2, 0.25) is 0 Å². The molecule has 1 rings (SSSR count). The molecule has 1 aromatic carbocycles. The number of azide groups is 1. The molecule has 0 saturated heterocycles. The van der Waals surface area contributed by atoms with Gasteiger partial charge in [0.1, 0.15) is 19.8 Å². The van der Waals surface area contributed by atoms with Gasteiger partial charge in [-0.25, -0.2) is 4.79 Å². The molecule has 1 N–H and O–H groups in total. The van der Waals surface area contributed by atoms with E-state index in [0.29, 0.717) is 18.0 Å². The van der Waals surface area contributed by atoms with Gasteiger partial charge in [-0.1, -0.05) is 57.9 Å². The maximum absolute atomic E-state index is 11.5. The van der Waals surface area contributed by atoms with Gasteiger partial charge >= 0.3 is 12.1 Å². The summed E-state index contributed by atoms with van der Waals surface area (Å²) in [4.78, 5) is 25.6. The second-order valence-corrected chi connectivity index (χ2v) is 7.11. The van der Waals surface area contributed by atoms with Crippen LogP contribution < -0.4 is 5.32 Å². The number of esters is 1. The molecule has 0 spiro atoms. The molecular weight excluding hydrogens is 352 g/mol. The third-order valence-electron chi connectivity index (χ3n) is 2.47. The van der Waals surface area contributed by atoms with Crippen LogP contribution in [0.3, 0.4) is 0 Å². The van der Waals surface area contributed by atoms with Crippen molar-refractivity contribution in [2.45, 2.75) is 13.5 Å². The summed E-state index contributed by atoms with van der Waals surface area (Å²) in [5.41, 5.74) is 9.51. The molecule has 0 radical (unpaired) electrons. The van der Waals surface area contributed by atoms with Crippen molar-refractivity contribution in [2.75, 3.05) is 24.7 Å². The summed E-state index contributed by atoms with van der Waals surface area (Å²) >= 11 is 0. The zero-order valence-electron chi connectivity index (χ0n) is 13.1. The number of alkyl carbamates (subject to hydrolysis) is 1. The second-order valence-electron chi connectivity index (χ2n) is 4.23. The van der Waals surface area contributed by atoms with E-state index in [1.165, 1.54) is 0 Å². The lowest BCUT2D eigenvalue weighted by molar-refractivity contribution is -0.141. The normalized spacial score (nSPS) is 9.71. The lowest BCUT2D eigenvalue weighted by Gasteiger charge is -2.07. The lowest BCUT2D eigenvalue weighted by atomic mass is 10.2. The second kappa shape index (κ2) is 12.4. The van der Waals surface area contributed by atoms with Crippen LogP contribution in [0, 0.1) is 0 Å². The molecule has 0 aromatic heterocycles. The summed E-state index contributed by atoms with van der Waals surface area (Å²) in [6, 6.07) is 6.58. The van der Waals surface area contributed by atoms with Crippen molar-refractivity contribution in [3.63, 3.8) is 0 Å². The van der Waals surface area contributed by atoms with E-state index in [1.807, 2.05) is 6.92 Å². The highest BCUT2D eigenvalue weighted by Crippen LogP contribution is 2.19. The fourth-order valence-corrected chi connectivity index (χ4v) is 2.93. The number of hydrogen-bond acceptors (Lipinski definition) is 7. The molecule has 10 heteroatoms. The Morgan fingerprint density at radius 1 is 1.25 bits per heavy atom. The number of rotatable bonds is 10. The Labute approximate surface area is 147 Å². The monoisotopic (exact) mass is 370 g/mol. The van der Waals surface area contributed by atoms with E-state index in [0.717, 1.165) is 11.3 Å². The van der Waals surface area contributed by atoms with Gasteiger partial charge in [0.05, 0.1) is 0 Å². The first kappa shape index (κ1) is 20.0. The summed E-state index contributed by atoms with van der Waals surface area (Å²) in [6.45, 7) is 2.17. The average molecular weight is 370 g/mol. The lowest BCUT2D eigenvalue weighted by Crippen LogP contribution is -2.31. The van der Waals surface area contributed by atoms with Gasteiger partial charge in [0, 0.05) is 22.1 Å². The number of nitrogens with one attached hydrogen (secondary N) is 1. The van der Waals surface area contributed by atoms with E-state index in [-0.39, 0.29) is 13.2 Å². The van der Waals surface area contributed by atoms with Gasteiger partial charge in [-0.3, -0.25) is 4.79 Å². The molecule has 0 atom stereocenters. The predicted molar refractivity (Wildman–Crippen MR) is 95.0 cm³/mol. The van der Waals surface area contributed by atoms with E-state index in [9.17, 15) is 9.59 Å². The van der Waals surface area contributed by atoms with Gasteiger partial charge < -0.3 is 14.8 Å². The third kappa shape index (κ3) is 9.19. The van der Waals surface area contributed by atoms with Crippen molar-refractivity contribution >= 4 is 39.3 Å². The topological polar surface area (TPSA) is 113 Å². The molecule has 24 heavy (non-hydrogen) atoms. The van der Waals surface area contributed by atoms with Crippen LogP contribution in [0.4, 0.5) is 10.5 Å². The van der Waals surface area contributed by atoms with Crippen molar-refractivity contribution in [1.29, 1.82) is 0 Å².